The number of ether oxygens (including phenoxy) is 2. The van der Waals surface area contributed by atoms with Gasteiger partial charge in [-0.2, -0.15) is 0 Å². The highest BCUT2D eigenvalue weighted by atomic mass is 16.6. The average molecular weight is 390 g/mol. The van der Waals surface area contributed by atoms with E-state index in [9.17, 15) is 9.59 Å². The summed E-state index contributed by atoms with van der Waals surface area (Å²) in [6, 6.07) is 0.828. The third kappa shape index (κ3) is 2.41. The smallest absolute Gasteiger partial charge is 0.309 e. The minimum atomic E-state index is -0.332. The number of fused-ring (bicyclic) bond motifs is 2. The van der Waals surface area contributed by atoms with E-state index in [-0.39, 0.29) is 41.4 Å². The minimum absolute atomic E-state index is 0.00155. The Hall–Kier alpha value is -1.10. The molecule has 5 heteroatoms. The maximum Gasteiger partial charge on any atom is 0.309 e. The van der Waals surface area contributed by atoms with Crippen LogP contribution in [0.5, 0.6) is 0 Å². The van der Waals surface area contributed by atoms with E-state index in [1.807, 2.05) is 6.92 Å². The first kappa shape index (κ1) is 18.9. The van der Waals surface area contributed by atoms with Crippen molar-refractivity contribution in [3.8, 4) is 0 Å². The van der Waals surface area contributed by atoms with E-state index >= 15 is 0 Å². The zero-order valence-corrected chi connectivity index (χ0v) is 17.7. The van der Waals surface area contributed by atoms with Crippen LogP contribution >= 0.6 is 0 Å². The molecule has 5 fully saturated rings. The Kier molecular flexibility index (Phi) is 4.35. The summed E-state index contributed by atoms with van der Waals surface area (Å²) in [5.41, 5.74) is -0.332. The van der Waals surface area contributed by atoms with Crippen LogP contribution in [0.1, 0.15) is 66.2 Å². The van der Waals surface area contributed by atoms with Crippen molar-refractivity contribution in [2.24, 2.45) is 35.5 Å². The predicted octanol–water partition coefficient (Wildman–Crippen LogP) is 3.40. The molecule has 4 saturated heterocycles. The van der Waals surface area contributed by atoms with Gasteiger partial charge in [0, 0.05) is 23.9 Å². The van der Waals surface area contributed by atoms with Crippen LogP contribution in [0.15, 0.2) is 0 Å². The molecular formula is C23H35NO4. The van der Waals surface area contributed by atoms with E-state index in [2.05, 4.69) is 25.7 Å². The molecule has 5 rings (SSSR count). The molecule has 0 bridgehead atoms. The van der Waals surface area contributed by atoms with E-state index in [1.165, 1.54) is 19.3 Å². The summed E-state index contributed by atoms with van der Waals surface area (Å²) < 4.78 is 12.0. The molecule has 0 aromatic carbocycles. The van der Waals surface area contributed by atoms with Gasteiger partial charge in [-0.1, -0.05) is 27.2 Å². The van der Waals surface area contributed by atoms with Crippen LogP contribution in [0.4, 0.5) is 0 Å². The van der Waals surface area contributed by atoms with Gasteiger partial charge in [0.1, 0.15) is 11.7 Å². The normalized spacial score (nSPS) is 53.4. The molecule has 28 heavy (non-hydrogen) atoms. The molecule has 0 spiro atoms. The van der Waals surface area contributed by atoms with E-state index in [0.717, 1.165) is 25.8 Å². The van der Waals surface area contributed by atoms with Crippen molar-refractivity contribution < 1.29 is 19.1 Å². The molecule has 5 aliphatic rings. The number of rotatable bonds is 2. The lowest BCUT2D eigenvalue weighted by Crippen LogP contribution is -2.59. The molecule has 156 valence electrons. The fraction of sp³-hybridized carbons (Fsp3) is 0.913. The van der Waals surface area contributed by atoms with Gasteiger partial charge in [0.25, 0.3) is 0 Å². The Morgan fingerprint density at radius 1 is 1.11 bits per heavy atom. The van der Waals surface area contributed by atoms with Crippen molar-refractivity contribution in [1.82, 2.24) is 4.90 Å². The molecule has 0 radical (unpaired) electrons. The minimum Gasteiger partial charge on any atom is -0.460 e. The molecule has 0 aromatic rings. The van der Waals surface area contributed by atoms with Gasteiger partial charge in [-0.05, 0) is 57.4 Å². The van der Waals surface area contributed by atoms with Gasteiger partial charge in [-0.3, -0.25) is 14.5 Å². The molecule has 4 heterocycles. The van der Waals surface area contributed by atoms with Gasteiger partial charge in [0.15, 0.2) is 0 Å². The predicted molar refractivity (Wildman–Crippen MR) is 104 cm³/mol. The molecule has 5 nitrogen and oxygen atoms in total. The summed E-state index contributed by atoms with van der Waals surface area (Å²) in [6.45, 7) is 9.67. The topological polar surface area (TPSA) is 55.8 Å². The summed E-state index contributed by atoms with van der Waals surface area (Å²) in [4.78, 5) is 27.5. The third-order valence-electron chi connectivity index (χ3n) is 9.14. The summed E-state index contributed by atoms with van der Waals surface area (Å²) in [5, 5.41) is 0. The first-order valence-electron chi connectivity index (χ1n) is 11.6. The number of carbonyl (C=O) groups is 2. The molecule has 0 N–H and O–H groups in total. The van der Waals surface area contributed by atoms with Crippen LogP contribution in [0.2, 0.25) is 0 Å². The van der Waals surface area contributed by atoms with Crippen LogP contribution in [-0.2, 0) is 19.1 Å². The average Bonchev–Trinajstić information content (AvgIpc) is 3.17. The van der Waals surface area contributed by atoms with Crippen molar-refractivity contribution in [3.63, 3.8) is 0 Å². The highest BCUT2D eigenvalue weighted by molar-refractivity contribution is 5.76. The number of hydrogen-bond acceptors (Lipinski definition) is 5. The Balaban J connectivity index is 1.55. The van der Waals surface area contributed by atoms with Crippen molar-refractivity contribution in [2.45, 2.75) is 90.0 Å². The van der Waals surface area contributed by atoms with Gasteiger partial charge < -0.3 is 9.47 Å². The first-order chi connectivity index (χ1) is 13.4. The zero-order valence-electron chi connectivity index (χ0n) is 17.7. The van der Waals surface area contributed by atoms with E-state index < -0.39 is 0 Å². The molecule has 1 saturated carbocycles. The molecule has 0 amide bonds. The summed E-state index contributed by atoms with van der Waals surface area (Å²) in [6.07, 6.45) is 6.68. The molecular weight excluding hydrogens is 354 g/mol. The van der Waals surface area contributed by atoms with E-state index in [1.54, 1.807) is 0 Å². The molecule has 4 aliphatic heterocycles. The van der Waals surface area contributed by atoms with Gasteiger partial charge in [-0.25, -0.2) is 0 Å². The zero-order chi connectivity index (χ0) is 19.8. The standard InChI is InChI=1S/C23H35NO4/c1-5-16-14-8-6-7-9-24-17(18-10-12(2)21(25)27-18)11-15(20(14)24)19-13(3)22(26)28-23(16,19)4/h12-20H,5-11H2,1-4H3/t12-,13-,14+,15+,16+,17-,18-,19-,20+,23+/m0/s1. The van der Waals surface area contributed by atoms with Crippen molar-refractivity contribution >= 4 is 11.9 Å². The number of cyclic esters (lactones) is 1. The largest absolute Gasteiger partial charge is 0.460 e. The van der Waals surface area contributed by atoms with Crippen LogP contribution < -0.4 is 0 Å². The van der Waals surface area contributed by atoms with Crippen molar-refractivity contribution in [3.05, 3.63) is 0 Å². The lowest BCUT2D eigenvalue weighted by Gasteiger charge is -2.53. The Morgan fingerprint density at radius 3 is 2.57 bits per heavy atom. The Labute approximate surface area is 168 Å². The quantitative estimate of drug-likeness (QED) is 0.678. The molecule has 0 aromatic heterocycles. The summed E-state index contributed by atoms with van der Waals surface area (Å²) >= 11 is 0. The van der Waals surface area contributed by atoms with Gasteiger partial charge in [0.2, 0.25) is 0 Å². The number of nitrogens with zero attached hydrogens (tertiary/aromatic N) is 1. The molecule has 0 unspecified atom stereocenters. The fourth-order valence-corrected chi connectivity index (χ4v) is 8.17. The fourth-order valence-electron chi connectivity index (χ4n) is 8.17. The van der Waals surface area contributed by atoms with Crippen LogP contribution in [-0.4, -0.2) is 47.2 Å². The number of carbonyl (C=O) groups excluding carboxylic acids is 2. The highest BCUT2D eigenvalue weighted by Gasteiger charge is 2.68. The van der Waals surface area contributed by atoms with E-state index in [0.29, 0.717) is 29.8 Å². The number of esters is 2. The van der Waals surface area contributed by atoms with Crippen LogP contribution in [0.25, 0.3) is 0 Å². The van der Waals surface area contributed by atoms with Crippen LogP contribution in [0, 0.1) is 35.5 Å². The second-order valence-corrected chi connectivity index (χ2v) is 10.4. The lowest BCUT2D eigenvalue weighted by molar-refractivity contribution is -0.165. The molecule has 10 atom stereocenters. The SMILES string of the molecule is CC[C@@H]1[C@H]2CCCCN3[C@H]2[C@H](C[C@H]3[C@@H]2C[C@H](C)C(=O)O2)[C@@H]2[C@H](C)C(=O)O[C@@]21C. The van der Waals surface area contributed by atoms with Gasteiger partial charge in [-0.15, -0.1) is 0 Å². The first-order valence-corrected chi connectivity index (χ1v) is 11.6. The second kappa shape index (κ2) is 6.45. The Morgan fingerprint density at radius 2 is 1.89 bits per heavy atom. The second-order valence-electron chi connectivity index (χ2n) is 10.4. The Bertz CT molecular complexity index is 680. The van der Waals surface area contributed by atoms with Crippen molar-refractivity contribution in [2.75, 3.05) is 6.54 Å². The summed E-state index contributed by atoms with van der Waals surface area (Å²) in [5.74, 6) is 1.71. The van der Waals surface area contributed by atoms with Gasteiger partial charge >= 0.3 is 11.9 Å². The summed E-state index contributed by atoms with van der Waals surface area (Å²) in [7, 11) is 0. The number of hydrogen-bond donors (Lipinski definition) is 0. The van der Waals surface area contributed by atoms with E-state index in [4.69, 9.17) is 9.47 Å². The monoisotopic (exact) mass is 389 g/mol. The maximum atomic E-state index is 12.7. The van der Waals surface area contributed by atoms with Gasteiger partial charge in [0.05, 0.1) is 11.8 Å². The molecule has 1 aliphatic carbocycles. The highest BCUT2D eigenvalue weighted by Crippen LogP contribution is 2.61. The maximum absolute atomic E-state index is 12.7. The lowest BCUT2D eigenvalue weighted by atomic mass is 9.54. The third-order valence-corrected chi connectivity index (χ3v) is 9.14. The van der Waals surface area contributed by atoms with Crippen LogP contribution in [0.3, 0.4) is 0 Å². The van der Waals surface area contributed by atoms with Crippen molar-refractivity contribution in [1.29, 1.82) is 0 Å².